The van der Waals surface area contributed by atoms with E-state index in [1.165, 1.54) is 28.6 Å². The zero-order chi connectivity index (χ0) is 19.5. The topological polar surface area (TPSA) is 55.6 Å². The maximum absolute atomic E-state index is 14.0. The van der Waals surface area contributed by atoms with Crippen LogP contribution in [-0.4, -0.2) is 17.5 Å². The molecule has 0 saturated heterocycles. The van der Waals surface area contributed by atoms with Gasteiger partial charge in [0.2, 0.25) is 0 Å². The van der Waals surface area contributed by atoms with Crippen molar-refractivity contribution in [2.24, 2.45) is 0 Å². The summed E-state index contributed by atoms with van der Waals surface area (Å²) in [4.78, 5) is 18.6. The minimum atomic E-state index is -0.428. The number of amides is 1. The van der Waals surface area contributed by atoms with Gasteiger partial charge in [0.05, 0.1) is 17.5 Å². The van der Waals surface area contributed by atoms with Gasteiger partial charge in [-0.25, -0.2) is 9.37 Å². The van der Waals surface area contributed by atoms with Gasteiger partial charge in [-0.1, -0.05) is 29.0 Å². The molecule has 142 valence electrons. The lowest BCUT2D eigenvalue weighted by atomic mass is 10.3. The Labute approximate surface area is 168 Å². The maximum Gasteiger partial charge on any atom is 0.267 e. The van der Waals surface area contributed by atoms with Gasteiger partial charge in [-0.15, -0.1) is 0 Å². The first kappa shape index (κ1) is 18.5. The maximum atomic E-state index is 14.0. The Morgan fingerprint density at radius 1 is 1.18 bits per heavy atom. The summed E-state index contributed by atoms with van der Waals surface area (Å²) in [7, 11) is 0. The van der Waals surface area contributed by atoms with E-state index in [0.29, 0.717) is 26.4 Å². The van der Waals surface area contributed by atoms with Crippen molar-refractivity contribution in [3.63, 3.8) is 0 Å². The van der Waals surface area contributed by atoms with Crippen LogP contribution in [0, 0.1) is 5.82 Å². The van der Waals surface area contributed by atoms with Crippen LogP contribution >= 0.6 is 22.9 Å². The molecule has 0 saturated carbocycles. The summed E-state index contributed by atoms with van der Waals surface area (Å²) in [5.74, 6) is 0.347. The van der Waals surface area contributed by atoms with E-state index < -0.39 is 5.82 Å². The third kappa shape index (κ3) is 4.00. The van der Waals surface area contributed by atoms with Crippen LogP contribution in [0.1, 0.15) is 5.76 Å². The summed E-state index contributed by atoms with van der Waals surface area (Å²) in [6.07, 6.45) is 1.53. The molecule has 0 bridgehead atoms. The van der Waals surface area contributed by atoms with Crippen molar-refractivity contribution in [3.8, 4) is 5.75 Å². The van der Waals surface area contributed by atoms with E-state index in [1.54, 1.807) is 48.5 Å². The highest BCUT2D eigenvalue weighted by Gasteiger charge is 2.22. The second kappa shape index (κ2) is 8.00. The summed E-state index contributed by atoms with van der Waals surface area (Å²) in [5, 5.41) is 0.954. The van der Waals surface area contributed by atoms with Gasteiger partial charge in [-0.3, -0.25) is 9.69 Å². The number of thiazole rings is 1. The van der Waals surface area contributed by atoms with Gasteiger partial charge >= 0.3 is 0 Å². The van der Waals surface area contributed by atoms with Gasteiger partial charge in [0.25, 0.3) is 5.91 Å². The van der Waals surface area contributed by atoms with Gasteiger partial charge in [-0.05, 0) is 48.5 Å². The minimum Gasteiger partial charge on any atom is -0.484 e. The second-order valence-corrected chi connectivity index (χ2v) is 7.33. The van der Waals surface area contributed by atoms with E-state index in [2.05, 4.69) is 4.98 Å². The van der Waals surface area contributed by atoms with E-state index in [4.69, 9.17) is 20.8 Å². The molecule has 4 rings (SSSR count). The summed E-state index contributed by atoms with van der Waals surface area (Å²) < 4.78 is 25.6. The normalized spacial score (nSPS) is 10.9. The number of nitrogens with zero attached hydrogens (tertiary/aromatic N) is 2. The van der Waals surface area contributed by atoms with Gasteiger partial charge in [0.1, 0.15) is 22.8 Å². The van der Waals surface area contributed by atoms with Crippen molar-refractivity contribution in [2.75, 3.05) is 11.5 Å². The lowest BCUT2D eigenvalue weighted by molar-refractivity contribution is -0.120. The van der Waals surface area contributed by atoms with Crippen LogP contribution in [0.5, 0.6) is 5.75 Å². The zero-order valence-corrected chi connectivity index (χ0v) is 16.0. The molecule has 0 aliphatic heterocycles. The first-order chi connectivity index (χ1) is 13.6. The average Bonchev–Trinajstić information content (AvgIpc) is 3.35. The van der Waals surface area contributed by atoms with E-state index in [-0.39, 0.29) is 24.6 Å². The monoisotopic (exact) mass is 416 g/mol. The molecule has 0 atom stereocenters. The SMILES string of the molecule is O=C(COc1ccc(Cl)cc1)N(Cc1ccco1)c1nc2c(F)cccc2s1. The lowest BCUT2D eigenvalue weighted by Crippen LogP contribution is -2.34. The molecule has 2 aromatic heterocycles. The number of para-hydroxylation sites is 1. The third-order valence-electron chi connectivity index (χ3n) is 3.96. The van der Waals surface area contributed by atoms with Crippen molar-refractivity contribution in [1.29, 1.82) is 0 Å². The molecule has 1 amide bonds. The largest absolute Gasteiger partial charge is 0.484 e. The Kier molecular flexibility index (Phi) is 5.27. The summed E-state index contributed by atoms with van der Waals surface area (Å²) in [6.45, 7) is -0.0437. The van der Waals surface area contributed by atoms with Gasteiger partial charge in [-0.2, -0.15) is 0 Å². The van der Waals surface area contributed by atoms with Crippen LogP contribution in [-0.2, 0) is 11.3 Å². The number of hydrogen-bond acceptors (Lipinski definition) is 5. The number of carbonyl (C=O) groups is 1. The zero-order valence-electron chi connectivity index (χ0n) is 14.5. The third-order valence-corrected chi connectivity index (χ3v) is 5.26. The highest BCUT2D eigenvalue weighted by Crippen LogP contribution is 2.31. The smallest absolute Gasteiger partial charge is 0.267 e. The molecular weight excluding hydrogens is 403 g/mol. The number of furan rings is 1. The number of anilines is 1. The quantitative estimate of drug-likeness (QED) is 0.428. The minimum absolute atomic E-state index is 0.164. The number of aromatic nitrogens is 1. The Balaban J connectivity index is 1.59. The average molecular weight is 417 g/mol. The first-order valence-electron chi connectivity index (χ1n) is 8.36. The predicted molar refractivity (Wildman–Crippen MR) is 106 cm³/mol. The molecule has 28 heavy (non-hydrogen) atoms. The fraction of sp³-hybridized carbons (Fsp3) is 0.100. The van der Waals surface area contributed by atoms with Crippen molar-refractivity contribution in [1.82, 2.24) is 4.98 Å². The predicted octanol–water partition coefficient (Wildman–Crippen LogP) is 5.29. The molecule has 0 fully saturated rings. The number of fused-ring (bicyclic) bond motifs is 1. The fourth-order valence-electron chi connectivity index (χ4n) is 2.59. The molecule has 0 radical (unpaired) electrons. The van der Waals surface area contributed by atoms with Crippen molar-refractivity contribution < 1.29 is 18.3 Å². The summed E-state index contributed by atoms with van der Waals surface area (Å²) in [6, 6.07) is 14.9. The van der Waals surface area contributed by atoms with Gasteiger partial charge in [0.15, 0.2) is 11.7 Å². The Bertz CT molecular complexity index is 1100. The molecular formula is C20H14ClFN2O3S. The van der Waals surface area contributed by atoms with E-state index in [9.17, 15) is 9.18 Å². The number of halogens is 2. The van der Waals surface area contributed by atoms with Crippen LogP contribution in [0.3, 0.4) is 0 Å². The Morgan fingerprint density at radius 2 is 2.00 bits per heavy atom. The Morgan fingerprint density at radius 3 is 2.71 bits per heavy atom. The molecule has 4 aromatic rings. The highest BCUT2D eigenvalue weighted by atomic mass is 35.5. The van der Waals surface area contributed by atoms with Gasteiger partial charge in [0, 0.05) is 5.02 Å². The van der Waals surface area contributed by atoms with Gasteiger partial charge < -0.3 is 9.15 Å². The number of carbonyl (C=O) groups excluding carboxylic acids is 1. The second-order valence-electron chi connectivity index (χ2n) is 5.88. The molecule has 2 aromatic carbocycles. The van der Waals surface area contributed by atoms with Crippen LogP contribution in [0.2, 0.25) is 5.02 Å². The van der Waals surface area contributed by atoms with E-state index in [0.717, 1.165) is 0 Å². The molecule has 0 spiro atoms. The van der Waals surface area contributed by atoms with Crippen molar-refractivity contribution in [3.05, 3.63) is 77.5 Å². The number of benzene rings is 2. The summed E-state index contributed by atoms with van der Waals surface area (Å²) in [5.41, 5.74) is 0.235. The van der Waals surface area contributed by atoms with Crippen LogP contribution in [0.15, 0.2) is 65.3 Å². The fourth-order valence-corrected chi connectivity index (χ4v) is 3.72. The van der Waals surface area contributed by atoms with E-state index >= 15 is 0 Å². The molecule has 5 nitrogen and oxygen atoms in total. The summed E-state index contributed by atoms with van der Waals surface area (Å²) >= 11 is 7.09. The van der Waals surface area contributed by atoms with Crippen LogP contribution in [0.25, 0.3) is 10.2 Å². The van der Waals surface area contributed by atoms with E-state index in [1.807, 2.05) is 0 Å². The number of rotatable bonds is 6. The standard InChI is InChI=1S/C20H14ClFN2O3S/c21-13-6-8-14(9-7-13)27-12-18(25)24(11-15-3-2-10-26-15)20-23-19-16(22)4-1-5-17(19)28-20/h1-10H,11-12H2. The van der Waals surface area contributed by atoms with Crippen molar-refractivity contribution >= 4 is 44.2 Å². The highest BCUT2D eigenvalue weighted by molar-refractivity contribution is 7.22. The van der Waals surface area contributed by atoms with Crippen LogP contribution < -0.4 is 9.64 Å². The molecule has 0 N–H and O–H groups in total. The number of ether oxygens (including phenoxy) is 1. The molecule has 0 unspecified atom stereocenters. The first-order valence-corrected chi connectivity index (χ1v) is 9.56. The molecule has 2 heterocycles. The molecule has 0 aliphatic rings. The lowest BCUT2D eigenvalue weighted by Gasteiger charge is -2.19. The Hall–Kier alpha value is -2.90. The number of hydrogen-bond donors (Lipinski definition) is 0. The van der Waals surface area contributed by atoms with Crippen LogP contribution in [0.4, 0.5) is 9.52 Å². The molecule has 8 heteroatoms. The van der Waals surface area contributed by atoms with Crippen molar-refractivity contribution in [2.45, 2.75) is 6.54 Å². The molecule has 0 aliphatic carbocycles.